The third-order valence-electron chi connectivity index (χ3n) is 6.81. The number of aliphatic carboxylic acids is 3. The largest absolute Gasteiger partial charge is 0.481 e. The highest BCUT2D eigenvalue weighted by atomic mass is 16.5. The SMILES string of the molecule is CN[C@@H](CCCCNC(=O)CC[C@H](NC(=O)CCC(=O)NCCOCCOCCNC(=O)CCCCCCC(=O)O)C(=O)O)C(=O)O. The van der Waals surface area contributed by atoms with Crippen molar-refractivity contribution in [1.82, 2.24) is 26.6 Å². The van der Waals surface area contributed by atoms with Crippen molar-refractivity contribution in [3.8, 4) is 0 Å². The van der Waals surface area contributed by atoms with Crippen LogP contribution in [0.2, 0.25) is 0 Å². The lowest BCUT2D eigenvalue weighted by molar-refractivity contribution is -0.142. The summed E-state index contributed by atoms with van der Waals surface area (Å²) >= 11 is 0. The number of carboxylic acid groups (broad SMARTS) is 3. The Labute approximate surface area is 275 Å². The van der Waals surface area contributed by atoms with Crippen LogP contribution < -0.4 is 26.6 Å². The molecule has 0 aliphatic rings. The van der Waals surface area contributed by atoms with Crippen LogP contribution in [-0.4, -0.2) is 122 Å². The fourth-order valence-electron chi connectivity index (χ4n) is 4.15. The standard InChI is InChI=1S/C30H53N5O12/c1-31-22(29(42)43)8-6-7-15-32-25(37)12-11-23(30(44)45)35-27(39)14-13-26(38)34-17-19-47-21-20-46-18-16-33-24(36)9-4-2-3-5-10-28(40)41/h22-23,31H,2-21H2,1H3,(H,32,37)(H,33,36)(H,34,38)(H,35,39)(H,40,41)(H,42,43)(H,44,45)/t22-,23-/m0/s1. The van der Waals surface area contributed by atoms with Crippen molar-refractivity contribution in [3.63, 3.8) is 0 Å². The summed E-state index contributed by atoms with van der Waals surface area (Å²) in [6, 6.07) is -1.95. The molecule has 2 atom stereocenters. The number of likely N-dealkylation sites (N-methyl/N-ethyl adjacent to an activating group) is 1. The molecule has 0 spiro atoms. The minimum atomic E-state index is -1.30. The van der Waals surface area contributed by atoms with Gasteiger partial charge in [-0.15, -0.1) is 0 Å². The minimum Gasteiger partial charge on any atom is -0.481 e. The van der Waals surface area contributed by atoms with Crippen LogP contribution in [0.3, 0.4) is 0 Å². The van der Waals surface area contributed by atoms with Crippen LogP contribution in [0.15, 0.2) is 0 Å². The van der Waals surface area contributed by atoms with Crippen molar-refractivity contribution in [1.29, 1.82) is 0 Å². The third kappa shape index (κ3) is 27.0. The van der Waals surface area contributed by atoms with E-state index in [1.165, 1.54) is 0 Å². The molecule has 0 rings (SSSR count). The third-order valence-corrected chi connectivity index (χ3v) is 6.81. The maximum atomic E-state index is 12.2. The zero-order chi connectivity index (χ0) is 35.3. The molecule has 270 valence electrons. The van der Waals surface area contributed by atoms with Gasteiger partial charge in [0.1, 0.15) is 12.1 Å². The molecule has 0 aromatic heterocycles. The van der Waals surface area contributed by atoms with Crippen molar-refractivity contribution >= 4 is 41.5 Å². The van der Waals surface area contributed by atoms with E-state index in [2.05, 4.69) is 26.6 Å². The van der Waals surface area contributed by atoms with Crippen LogP contribution in [-0.2, 0) is 43.0 Å². The second-order valence-electron chi connectivity index (χ2n) is 10.8. The van der Waals surface area contributed by atoms with Crippen molar-refractivity contribution in [2.24, 2.45) is 0 Å². The van der Waals surface area contributed by atoms with Crippen LogP contribution in [0.1, 0.15) is 83.5 Å². The summed E-state index contributed by atoms with van der Waals surface area (Å²) in [6.07, 6.45) is 4.33. The van der Waals surface area contributed by atoms with Gasteiger partial charge in [-0.05, 0) is 45.6 Å². The number of hydrogen-bond donors (Lipinski definition) is 8. The number of carbonyl (C=O) groups excluding carboxylic acids is 4. The fraction of sp³-hybridized carbons (Fsp3) is 0.767. The molecule has 17 heteroatoms. The van der Waals surface area contributed by atoms with E-state index in [1.807, 2.05) is 0 Å². The first-order valence-electron chi connectivity index (χ1n) is 16.1. The Morgan fingerprint density at radius 2 is 1.02 bits per heavy atom. The molecular formula is C30H53N5O12. The highest BCUT2D eigenvalue weighted by Crippen LogP contribution is 2.05. The lowest BCUT2D eigenvalue weighted by atomic mass is 10.1. The predicted octanol–water partition coefficient (Wildman–Crippen LogP) is -0.234. The van der Waals surface area contributed by atoms with Crippen LogP contribution in [0.4, 0.5) is 0 Å². The quantitative estimate of drug-likeness (QED) is 0.0442. The lowest BCUT2D eigenvalue weighted by Gasteiger charge is -2.15. The van der Waals surface area contributed by atoms with Gasteiger partial charge in [-0.2, -0.15) is 0 Å². The lowest BCUT2D eigenvalue weighted by Crippen LogP contribution is -2.42. The molecule has 4 amide bonds. The van der Waals surface area contributed by atoms with Crippen molar-refractivity contribution < 1.29 is 58.4 Å². The van der Waals surface area contributed by atoms with Gasteiger partial charge < -0.3 is 51.4 Å². The number of carbonyl (C=O) groups is 7. The second kappa shape index (κ2) is 28.4. The zero-order valence-electron chi connectivity index (χ0n) is 27.3. The summed E-state index contributed by atoms with van der Waals surface area (Å²) in [5, 5.41) is 39.9. The van der Waals surface area contributed by atoms with Crippen LogP contribution >= 0.6 is 0 Å². The van der Waals surface area contributed by atoms with E-state index in [9.17, 15) is 38.7 Å². The van der Waals surface area contributed by atoms with Crippen molar-refractivity contribution in [2.75, 3.05) is 53.1 Å². The van der Waals surface area contributed by atoms with E-state index in [-0.39, 0.29) is 63.7 Å². The van der Waals surface area contributed by atoms with Gasteiger partial charge >= 0.3 is 17.9 Å². The Morgan fingerprint density at radius 1 is 0.511 bits per heavy atom. The average Bonchev–Trinajstić information content (AvgIpc) is 3.01. The molecule has 17 nitrogen and oxygen atoms in total. The smallest absolute Gasteiger partial charge is 0.326 e. The van der Waals surface area contributed by atoms with Gasteiger partial charge in [0, 0.05) is 51.7 Å². The number of amides is 4. The minimum absolute atomic E-state index is 0.0818. The van der Waals surface area contributed by atoms with Crippen LogP contribution in [0.5, 0.6) is 0 Å². The highest BCUT2D eigenvalue weighted by Gasteiger charge is 2.21. The molecule has 0 aromatic rings. The number of ether oxygens (including phenoxy) is 2. The Bertz CT molecular complexity index is 966. The number of nitrogens with one attached hydrogen (secondary N) is 5. The molecule has 8 N–H and O–H groups in total. The van der Waals surface area contributed by atoms with E-state index in [4.69, 9.17) is 19.7 Å². The van der Waals surface area contributed by atoms with Crippen molar-refractivity contribution in [3.05, 3.63) is 0 Å². The van der Waals surface area contributed by atoms with Gasteiger partial charge in [0.05, 0.1) is 26.4 Å². The molecule has 0 radical (unpaired) electrons. The topological polar surface area (TPSA) is 259 Å². The van der Waals surface area contributed by atoms with Gasteiger partial charge in [-0.1, -0.05) is 12.8 Å². The summed E-state index contributed by atoms with van der Waals surface area (Å²) in [7, 11) is 1.56. The van der Waals surface area contributed by atoms with Gasteiger partial charge in [-0.3, -0.25) is 28.8 Å². The van der Waals surface area contributed by atoms with E-state index in [0.29, 0.717) is 64.8 Å². The number of rotatable bonds is 31. The molecule has 0 unspecified atom stereocenters. The molecule has 0 fully saturated rings. The molecule has 0 heterocycles. The zero-order valence-corrected chi connectivity index (χ0v) is 27.3. The van der Waals surface area contributed by atoms with Crippen molar-refractivity contribution in [2.45, 2.75) is 95.6 Å². The number of unbranched alkanes of at least 4 members (excludes halogenated alkanes) is 4. The maximum Gasteiger partial charge on any atom is 0.326 e. The Morgan fingerprint density at radius 3 is 1.57 bits per heavy atom. The predicted molar refractivity (Wildman–Crippen MR) is 168 cm³/mol. The van der Waals surface area contributed by atoms with E-state index < -0.39 is 41.8 Å². The monoisotopic (exact) mass is 675 g/mol. The number of carboxylic acids is 3. The average molecular weight is 676 g/mol. The first-order valence-corrected chi connectivity index (χ1v) is 16.1. The van der Waals surface area contributed by atoms with E-state index in [0.717, 1.165) is 12.8 Å². The molecule has 0 bridgehead atoms. The van der Waals surface area contributed by atoms with E-state index >= 15 is 0 Å². The second-order valence-corrected chi connectivity index (χ2v) is 10.8. The summed E-state index contributed by atoms with van der Waals surface area (Å²) in [5.41, 5.74) is 0. The maximum absolute atomic E-state index is 12.2. The molecule has 0 aliphatic carbocycles. The molecule has 0 saturated heterocycles. The summed E-state index contributed by atoms with van der Waals surface area (Å²) < 4.78 is 10.7. The van der Waals surface area contributed by atoms with Gasteiger partial charge in [0.15, 0.2) is 0 Å². The Balaban J connectivity index is 3.83. The Kier molecular flexibility index (Phi) is 26.1. The van der Waals surface area contributed by atoms with Gasteiger partial charge in [0.2, 0.25) is 23.6 Å². The Hall–Kier alpha value is -3.83. The molecule has 0 saturated carbocycles. The molecule has 47 heavy (non-hydrogen) atoms. The van der Waals surface area contributed by atoms with Gasteiger partial charge in [-0.25, -0.2) is 4.79 Å². The normalized spacial score (nSPS) is 12.0. The molecule has 0 aliphatic heterocycles. The highest BCUT2D eigenvalue weighted by molar-refractivity contribution is 5.87. The van der Waals surface area contributed by atoms with Gasteiger partial charge in [0.25, 0.3) is 0 Å². The molecular weight excluding hydrogens is 622 g/mol. The number of hydrogen-bond acceptors (Lipinski definition) is 10. The van der Waals surface area contributed by atoms with E-state index in [1.54, 1.807) is 7.05 Å². The fourth-order valence-corrected chi connectivity index (χ4v) is 4.15. The van der Waals surface area contributed by atoms with Crippen LogP contribution in [0.25, 0.3) is 0 Å². The first-order chi connectivity index (χ1) is 22.5. The first kappa shape index (κ1) is 43.2. The molecule has 0 aromatic carbocycles. The summed E-state index contributed by atoms with van der Waals surface area (Å²) in [6.45, 7) is 1.99. The summed E-state index contributed by atoms with van der Waals surface area (Å²) in [4.78, 5) is 80.8. The summed E-state index contributed by atoms with van der Waals surface area (Å²) in [5.74, 6) is -4.57. The van der Waals surface area contributed by atoms with Crippen LogP contribution in [0, 0.1) is 0 Å².